The summed E-state index contributed by atoms with van der Waals surface area (Å²) < 4.78 is 17.0. The molecule has 0 fully saturated rings. The monoisotopic (exact) mass is 1610 g/mol. The Morgan fingerprint density at radius 3 is 0.820 bits per heavy atom. The molecule has 0 spiro atoms. The summed E-state index contributed by atoms with van der Waals surface area (Å²) in [6, 6.07) is 77.7. The number of phenolic OH excluding ortho intramolecular Hbond substituents is 3. The molecule has 0 heterocycles. The molecule has 9 aromatic carbocycles. The Bertz CT molecular complexity index is 3830. The van der Waals surface area contributed by atoms with Crippen LogP contribution in [0.2, 0.25) is 0 Å². The number of rotatable bonds is 24. The molecule has 0 unspecified atom stereocenters. The van der Waals surface area contributed by atoms with Gasteiger partial charge in [0.1, 0.15) is 47.7 Å². The number of allylic oxidation sites excluding steroid dienone is 3. The first-order valence-electron chi connectivity index (χ1n) is 32.8. The third-order valence-electron chi connectivity index (χ3n) is 15.1. The summed E-state index contributed by atoms with van der Waals surface area (Å²) in [5.74, 6) is 4.38. The van der Waals surface area contributed by atoms with Crippen molar-refractivity contribution < 1.29 is 188 Å². The van der Waals surface area contributed by atoms with Crippen molar-refractivity contribution in [1.82, 2.24) is 14.7 Å². The van der Waals surface area contributed by atoms with E-state index in [2.05, 4.69) is 141 Å². The van der Waals surface area contributed by atoms with E-state index in [4.69, 9.17) is 35.9 Å². The molecule has 9 aromatic rings. The van der Waals surface area contributed by atoms with Gasteiger partial charge in [0.25, 0.3) is 6.47 Å². The zero-order valence-corrected chi connectivity index (χ0v) is 74.3. The SMILES string of the molecule is CC(=O)Oc1ccc(C(=C(c2ccccc2)C(C)C)c2ccc(OCCN(C)C)cc2)cc1.CC(C)C(=C(c1ccc(O)cc1)c1ccc(O)cc1)c1ccccc1.CC(C)C(=C(c1ccc(O)cc1)c1ccc(OCCN(C)C)cc1)c1ccccc1.CN(C)CCCl.O=CO[O-].[Cs+].[Cs+].[H-]. The minimum Gasteiger partial charge on any atom is -1.00 e. The average molecular weight is 1610 g/mol. The van der Waals surface area contributed by atoms with Crippen molar-refractivity contribution in [2.75, 3.05) is 81.0 Å². The van der Waals surface area contributed by atoms with Crippen LogP contribution in [0, 0.1) is 17.8 Å². The fraction of sp³-hybridized carbons (Fsp3) is 0.262. The molecule has 0 aliphatic heterocycles. The molecule has 3 N–H and O–H groups in total. The van der Waals surface area contributed by atoms with Crippen molar-refractivity contribution in [2.45, 2.75) is 48.5 Å². The summed E-state index contributed by atoms with van der Waals surface area (Å²) in [6.45, 7) is 18.5. The predicted molar refractivity (Wildman–Crippen MR) is 402 cm³/mol. The standard InChI is InChI=1S/C29H33NO3.C27H31NO2.C23H22O2.C4H10ClN.CH2O3.2Cs.H/c1-21(2)28(23-9-7-6-8-10-23)29(25-13-17-27(18-14-25)33-22(3)31)24-11-15-26(16-12-24)32-20-19-30(4)5;1-20(2)26(21-8-6-5-7-9-21)27(22-10-14-24(29)15-11-22)23-12-16-25(17-13-23)30-19-18-28(3)4;1-16(2)22(17-6-4-3-5-7-17)23(18-8-12-20(24)13-9-18)19-10-14-21(25)15-11-19;1-6(2)4-3-5;2-1-4-3;;;/h6-18,21H,19-20H2,1-5H3;5-17,20,29H,18-19H2,1-4H3;3-16,24-25H,1-2H3;3-4H2,1-2H3;1,3H;;;/q;;;;;2*+1;-1/p-1. The summed E-state index contributed by atoms with van der Waals surface area (Å²) in [7, 11) is 12.2. The smallest absolute Gasteiger partial charge is 1.00 e. The van der Waals surface area contributed by atoms with Crippen LogP contribution in [0.4, 0.5) is 0 Å². The van der Waals surface area contributed by atoms with Crippen molar-refractivity contribution in [1.29, 1.82) is 0 Å². The first kappa shape index (κ1) is 88.6. The van der Waals surface area contributed by atoms with Gasteiger partial charge >= 0.3 is 144 Å². The molecule has 0 amide bonds. The number of ether oxygens (including phenoxy) is 3. The molecule has 13 nitrogen and oxygen atoms in total. The maximum absolute atomic E-state index is 11.3. The van der Waals surface area contributed by atoms with E-state index in [9.17, 15) is 20.1 Å². The Morgan fingerprint density at radius 2 is 0.630 bits per heavy atom. The number of hydrogen-bond donors (Lipinski definition) is 3. The van der Waals surface area contributed by atoms with E-state index in [1.54, 1.807) is 36.4 Å². The largest absolute Gasteiger partial charge is 1.00 e. The van der Waals surface area contributed by atoms with E-state index < -0.39 is 0 Å². The van der Waals surface area contributed by atoms with Crippen LogP contribution in [0.15, 0.2) is 237 Å². The second kappa shape index (κ2) is 48.3. The van der Waals surface area contributed by atoms with Crippen molar-refractivity contribution in [3.63, 3.8) is 0 Å². The van der Waals surface area contributed by atoms with Crippen LogP contribution in [-0.2, 0) is 14.5 Å². The molecule has 9 rings (SSSR count). The van der Waals surface area contributed by atoms with Gasteiger partial charge in [-0.15, -0.1) is 11.6 Å². The summed E-state index contributed by atoms with van der Waals surface area (Å²) in [4.78, 5) is 28.8. The Labute approximate surface area is 718 Å². The minimum absolute atomic E-state index is 0. The number of hydrogen-bond acceptors (Lipinski definition) is 13. The Hall–Kier alpha value is -5.63. The van der Waals surface area contributed by atoms with Crippen LogP contribution in [0.5, 0.6) is 34.5 Å². The van der Waals surface area contributed by atoms with Gasteiger partial charge in [0.2, 0.25) is 0 Å². The number of carbonyl (C=O) groups excluding carboxylic acids is 2. The molecule has 100 heavy (non-hydrogen) atoms. The molecular weight excluding hydrogens is 1510 g/mol. The number of benzene rings is 9. The molecule has 0 saturated heterocycles. The molecule has 518 valence electrons. The third kappa shape index (κ3) is 30.7. The van der Waals surface area contributed by atoms with Gasteiger partial charge in [0.05, 0.1) is 0 Å². The number of likely N-dealkylation sites (N-methyl/N-ethyl adjacent to an activating group) is 2. The van der Waals surface area contributed by atoms with Crippen molar-refractivity contribution >= 4 is 57.5 Å². The number of alkyl halides is 1. The van der Waals surface area contributed by atoms with E-state index in [0.29, 0.717) is 36.7 Å². The summed E-state index contributed by atoms with van der Waals surface area (Å²) >= 11 is 5.35. The molecule has 0 radical (unpaired) electrons. The van der Waals surface area contributed by atoms with Gasteiger partial charge < -0.3 is 55.8 Å². The van der Waals surface area contributed by atoms with Gasteiger partial charge in [-0.25, -0.2) is 0 Å². The number of nitrogens with zero attached hydrogens (tertiary/aromatic N) is 3. The van der Waals surface area contributed by atoms with E-state index >= 15 is 0 Å². The molecule has 0 aliphatic rings. The Morgan fingerprint density at radius 1 is 0.400 bits per heavy atom. The van der Waals surface area contributed by atoms with Crippen molar-refractivity contribution in [2.24, 2.45) is 17.8 Å². The molecule has 0 saturated carbocycles. The van der Waals surface area contributed by atoms with Crippen molar-refractivity contribution in [3.8, 4) is 34.5 Å². The fourth-order valence-corrected chi connectivity index (χ4v) is 11.0. The van der Waals surface area contributed by atoms with Gasteiger partial charge in [-0.3, -0.25) is 9.59 Å². The van der Waals surface area contributed by atoms with Gasteiger partial charge in [-0.05, 0) is 216 Å². The topological polar surface area (TPSA) is 165 Å². The van der Waals surface area contributed by atoms with Gasteiger partial charge in [-0.2, -0.15) is 0 Å². The molecule has 16 heteroatoms. The summed E-state index contributed by atoms with van der Waals surface area (Å²) in [6.07, 6.45) is 0. The predicted octanol–water partition coefficient (Wildman–Crippen LogP) is 11.2. The fourth-order valence-electron chi connectivity index (χ4n) is 10.6. The van der Waals surface area contributed by atoms with Crippen LogP contribution >= 0.6 is 11.6 Å². The van der Waals surface area contributed by atoms with Crippen molar-refractivity contribution in [3.05, 3.63) is 287 Å². The normalized spacial score (nSPS) is 11.1. The number of phenols is 3. The van der Waals surface area contributed by atoms with Gasteiger partial charge in [0.15, 0.2) is 0 Å². The Kier molecular flexibility index (Phi) is 42.8. The zero-order chi connectivity index (χ0) is 71.5. The molecule has 0 aliphatic carbocycles. The average Bonchev–Trinajstić information content (AvgIpc) is 0.808. The van der Waals surface area contributed by atoms with Crippen LogP contribution in [0.3, 0.4) is 0 Å². The number of aromatic hydroxyl groups is 3. The van der Waals surface area contributed by atoms with E-state index in [1.807, 2.05) is 162 Å². The van der Waals surface area contributed by atoms with Crippen LogP contribution in [0.25, 0.3) is 33.4 Å². The molecule has 0 bridgehead atoms. The number of esters is 1. The second-order valence-electron chi connectivity index (χ2n) is 24.7. The minimum atomic E-state index is -0.324. The first-order valence-corrected chi connectivity index (χ1v) is 33.3. The molecular formula is C84H98ClCs2N3O10. The Balaban J connectivity index is 0.000000477. The van der Waals surface area contributed by atoms with Crippen LogP contribution in [-0.4, -0.2) is 123 Å². The maximum Gasteiger partial charge on any atom is 1.00 e. The maximum atomic E-state index is 11.3. The van der Waals surface area contributed by atoms with E-state index in [0.717, 1.165) is 81.5 Å². The first-order chi connectivity index (χ1) is 47.0. The van der Waals surface area contributed by atoms with Gasteiger partial charge in [-0.1, -0.05) is 205 Å². The number of carbonyl (C=O) groups is 2. The zero-order valence-electron chi connectivity index (χ0n) is 62.0. The molecule has 0 aromatic heterocycles. The van der Waals surface area contributed by atoms with Crippen LogP contribution in [0.1, 0.15) is 100.0 Å². The van der Waals surface area contributed by atoms with Crippen LogP contribution < -0.4 is 157 Å². The summed E-state index contributed by atoms with van der Waals surface area (Å²) in [5, 5.41) is 37.5. The second-order valence-corrected chi connectivity index (χ2v) is 25.1. The third-order valence-corrected chi connectivity index (χ3v) is 15.3. The number of halogens is 1. The van der Waals surface area contributed by atoms with E-state index in [1.165, 1.54) is 45.9 Å². The summed E-state index contributed by atoms with van der Waals surface area (Å²) in [5.41, 5.74) is 17.3. The van der Waals surface area contributed by atoms with E-state index in [-0.39, 0.29) is 169 Å². The quantitative estimate of drug-likeness (QED) is 0.00997. The van der Waals surface area contributed by atoms with Gasteiger partial charge in [0, 0.05) is 32.4 Å². The molecule has 0 atom stereocenters.